The summed E-state index contributed by atoms with van der Waals surface area (Å²) in [5.74, 6) is -0.180. The fourth-order valence-corrected chi connectivity index (χ4v) is 1.09. The number of carbonyl (C=O) groups is 1. The Bertz CT molecular complexity index is 421. The van der Waals surface area contributed by atoms with E-state index in [1.165, 1.54) is 0 Å². The smallest absolute Gasteiger partial charge is 0.366 e. The Kier molecular flexibility index (Phi) is 5.98. The molecule has 0 aromatic carbocycles. The van der Waals surface area contributed by atoms with Crippen LogP contribution in [0, 0.1) is 0 Å². The van der Waals surface area contributed by atoms with Gasteiger partial charge in [0.15, 0.2) is 0 Å². The molecular formula is C9H15N2O5P. The van der Waals surface area contributed by atoms with Gasteiger partial charge in [0.2, 0.25) is 0 Å². The number of pyridine rings is 1. The van der Waals surface area contributed by atoms with Crippen molar-refractivity contribution in [2.45, 2.75) is 19.8 Å². The fourth-order valence-electron chi connectivity index (χ4n) is 1.09. The maximum absolute atomic E-state index is 10.9. The summed E-state index contributed by atoms with van der Waals surface area (Å²) in [5, 5.41) is 0. The number of amides is 1. The monoisotopic (exact) mass is 262 g/mol. The lowest BCUT2D eigenvalue weighted by Gasteiger charge is -2.07. The molecule has 0 bridgehead atoms. The highest BCUT2D eigenvalue weighted by Crippen LogP contribution is 2.25. The van der Waals surface area contributed by atoms with Gasteiger partial charge < -0.3 is 20.4 Å². The van der Waals surface area contributed by atoms with Crippen molar-refractivity contribution in [3.63, 3.8) is 0 Å². The van der Waals surface area contributed by atoms with Crippen molar-refractivity contribution in [3.8, 4) is 0 Å². The van der Waals surface area contributed by atoms with Gasteiger partial charge in [-0.05, 0) is 18.1 Å². The van der Waals surface area contributed by atoms with Gasteiger partial charge >= 0.3 is 7.82 Å². The fraction of sp³-hybridized carbons (Fsp3) is 0.333. The second kappa shape index (κ2) is 6.46. The number of phosphoric acid groups is 1. The second-order valence-corrected chi connectivity index (χ2v) is 4.49. The Morgan fingerprint density at radius 1 is 1.41 bits per heavy atom. The summed E-state index contributed by atoms with van der Waals surface area (Å²) in [6, 6.07) is 3.41. The number of nitrogens with two attached hydrogens (primary N) is 1. The van der Waals surface area contributed by atoms with E-state index in [1.54, 1.807) is 18.3 Å². The van der Waals surface area contributed by atoms with Gasteiger partial charge in [0.1, 0.15) is 0 Å². The minimum Gasteiger partial charge on any atom is -0.366 e. The highest BCUT2D eigenvalue weighted by molar-refractivity contribution is 7.45. The van der Waals surface area contributed by atoms with Crippen LogP contribution in [0.4, 0.5) is 0 Å². The van der Waals surface area contributed by atoms with Crippen LogP contribution >= 0.6 is 7.82 Å². The van der Waals surface area contributed by atoms with Crippen LogP contribution in [0.15, 0.2) is 18.3 Å². The van der Waals surface area contributed by atoms with Gasteiger partial charge in [-0.15, -0.1) is 0 Å². The summed E-state index contributed by atoms with van der Waals surface area (Å²) >= 11 is 0. The highest BCUT2D eigenvalue weighted by Gasteiger charge is 2.10. The van der Waals surface area contributed by atoms with Crippen molar-refractivity contribution < 1.29 is 24.0 Å². The van der Waals surface area contributed by atoms with Gasteiger partial charge in [0.25, 0.3) is 5.91 Å². The summed E-state index contributed by atoms with van der Waals surface area (Å²) in [6.07, 6.45) is 1.67. The first kappa shape index (κ1) is 15.7. The van der Waals surface area contributed by atoms with E-state index in [-0.39, 0.29) is 5.92 Å². The quantitative estimate of drug-likeness (QED) is 0.569. The standard InChI is InChI=1S/C9H12N2O.H3O4P/c1-6(2)8-7(9(10)12)4-3-5-11-8;1-5(2,3)4/h3-6H,1-2H3,(H2,10,12);(H3,1,2,3,4). The molecule has 1 aromatic rings. The van der Waals surface area contributed by atoms with Crippen molar-refractivity contribution in [2.24, 2.45) is 5.73 Å². The van der Waals surface area contributed by atoms with Crippen LogP contribution in [0.5, 0.6) is 0 Å². The van der Waals surface area contributed by atoms with Crippen LogP contribution in [0.25, 0.3) is 0 Å². The molecule has 8 heteroatoms. The summed E-state index contributed by atoms with van der Waals surface area (Å²) < 4.78 is 8.88. The third-order valence-corrected chi connectivity index (χ3v) is 1.65. The van der Waals surface area contributed by atoms with E-state index in [2.05, 4.69) is 4.98 Å². The summed E-state index contributed by atoms with van der Waals surface area (Å²) in [7, 11) is -4.64. The minimum absolute atomic E-state index is 0.230. The molecule has 0 fully saturated rings. The largest absolute Gasteiger partial charge is 0.466 e. The Labute approximate surface area is 98.6 Å². The number of primary amides is 1. The maximum atomic E-state index is 10.9. The third kappa shape index (κ3) is 7.59. The molecule has 5 N–H and O–H groups in total. The average Bonchev–Trinajstić information content (AvgIpc) is 2.15. The summed E-state index contributed by atoms with van der Waals surface area (Å²) in [5.41, 5.74) is 6.46. The van der Waals surface area contributed by atoms with E-state index in [0.29, 0.717) is 5.56 Å². The molecule has 0 saturated heterocycles. The Hall–Kier alpha value is -1.27. The zero-order valence-electron chi connectivity index (χ0n) is 9.44. The van der Waals surface area contributed by atoms with Gasteiger partial charge in [-0.1, -0.05) is 13.8 Å². The van der Waals surface area contributed by atoms with Crippen molar-refractivity contribution in [1.29, 1.82) is 0 Å². The topological polar surface area (TPSA) is 134 Å². The van der Waals surface area contributed by atoms with Gasteiger partial charge in [-0.25, -0.2) is 4.57 Å². The van der Waals surface area contributed by atoms with E-state index in [0.717, 1.165) is 5.69 Å². The normalized spacial score (nSPS) is 10.7. The molecule has 1 aromatic heterocycles. The van der Waals surface area contributed by atoms with Gasteiger partial charge in [-0.3, -0.25) is 9.78 Å². The van der Waals surface area contributed by atoms with Crippen molar-refractivity contribution in [3.05, 3.63) is 29.6 Å². The van der Waals surface area contributed by atoms with E-state index in [9.17, 15) is 4.79 Å². The molecule has 0 unspecified atom stereocenters. The first-order chi connectivity index (χ1) is 7.63. The van der Waals surface area contributed by atoms with Crippen LogP contribution in [0.1, 0.15) is 35.8 Å². The molecule has 0 aliphatic heterocycles. The molecule has 0 atom stereocenters. The van der Waals surface area contributed by atoms with Crippen LogP contribution in [-0.4, -0.2) is 25.6 Å². The van der Waals surface area contributed by atoms with Crippen LogP contribution in [0.2, 0.25) is 0 Å². The number of hydrogen-bond donors (Lipinski definition) is 4. The predicted molar refractivity (Wildman–Crippen MR) is 61.1 cm³/mol. The van der Waals surface area contributed by atoms with Crippen molar-refractivity contribution in [2.75, 3.05) is 0 Å². The lowest BCUT2D eigenvalue weighted by molar-refractivity contribution is 0.0998. The van der Waals surface area contributed by atoms with Crippen LogP contribution < -0.4 is 5.73 Å². The molecule has 0 aliphatic rings. The highest BCUT2D eigenvalue weighted by atomic mass is 31.2. The van der Waals surface area contributed by atoms with E-state index in [4.69, 9.17) is 25.0 Å². The van der Waals surface area contributed by atoms with E-state index >= 15 is 0 Å². The first-order valence-corrected chi connectivity index (χ1v) is 6.22. The molecule has 96 valence electrons. The SMILES string of the molecule is CC(C)c1ncccc1C(N)=O.O=P(O)(O)O. The van der Waals surface area contributed by atoms with Gasteiger partial charge in [0.05, 0.1) is 11.3 Å². The maximum Gasteiger partial charge on any atom is 0.466 e. The van der Waals surface area contributed by atoms with Crippen LogP contribution in [0.3, 0.4) is 0 Å². The number of rotatable bonds is 2. The Balaban J connectivity index is 0.000000437. The molecule has 17 heavy (non-hydrogen) atoms. The number of aromatic nitrogens is 1. The average molecular weight is 262 g/mol. The molecule has 7 nitrogen and oxygen atoms in total. The third-order valence-electron chi connectivity index (χ3n) is 1.65. The number of nitrogens with zero attached hydrogens (tertiary/aromatic N) is 1. The molecule has 1 amide bonds. The lowest BCUT2D eigenvalue weighted by atomic mass is 10.0. The zero-order chi connectivity index (χ0) is 13.6. The molecule has 1 heterocycles. The molecule has 0 spiro atoms. The second-order valence-electron chi connectivity index (χ2n) is 3.47. The molecule has 1 rings (SSSR count). The molecule has 0 saturated carbocycles. The molecule has 0 radical (unpaired) electrons. The van der Waals surface area contributed by atoms with Gasteiger partial charge in [-0.2, -0.15) is 0 Å². The Morgan fingerprint density at radius 3 is 2.18 bits per heavy atom. The Morgan fingerprint density at radius 2 is 1.88 bits per heavy atom. The molecular weight excluding hydrogens is 247 g/mol. The zero-order valence-corrected chi connectivity index (χ0v) is 10.3. The lowest BCUT2D eigenvalue weighted by Crippen LogP contribution is -2.15. The van der Waals surface area contributed by atoms with Gasteiger partial charge in [0, 0.05) is 6.20 Å². The number of carbonyl (C=O) groups excluding carboxylic acids is 1. The number of hydrogen-bond acceptors (Lipinski definition) is 3. The minimum atomic E-state index is -4.64. The van der Waals surface area contributed by atoms with Crippen LogP contribution in [-0.2, 0) is 4.57 Å². The summed E-state index contributed by atoms with van der Waals surface area (Å²) in [4.78, 5) is 36.6. The van der Waals surface area contributed by atoms with Crippen molar-refractivity contribution >= 4 is 13.7 Å². The summed E-state index contributed by atoms with van der Waals surface area (Å²) in [6.45, 7) is 3.96. The molecule has 0 aliphatic carbocycles. The predicted octanol–water partition coefficient (Wildman–Crippen LogP) is 0.375. The van der Waals surface area contributed by atoms with E-state index in [1.807, 2.05) is 13.8 Å². The van der Waals surface area contributed by atoms with E-state index < -0.39 is 13.7 Å². The first-order valence-electron chi connectivity index (χ1n) is 4.66. The van der Waals surface area contributed by atoms with Crippen molar-refractivity contribution in [1.82, 2.24) is 4.98 Å².